The Balaban J connectivity index is 1.55. The quantitative estimate of drug-likeness (QED) is 0.704. The van der Waals surface area contributed by atoms with Gasteiger partial charge < -0.3 is 4.90 Å². The molecule has 0 saturated carbocycles. The van der Waals surface area contributed by atoms with Gasteiger partial charge in [-0.05, 0) is 11.5 Å². The van der Waals surface area contributed by atoms with E-state index in [0.29, 0.717) is 25.2 Å². The molecule has 2 aliphatic rings. The Kier molecular flexibility index (Phi) is 4.45. The molecule has 0 aromatic heterocycles. The third kappa shape index (κ3) is 3.08. The van der Waals surface area contributed by atoms with E-state index in [4.69, 9.17) is 6.42 Å². The molecule has 1 aromatic carbocycles. The molecule has 0 atom stereocenters. The van der Waals surface area contributed by atoms with Crippen LogP contribution in [0.4, 0.5) is 0 Å². The molecule has 3 rings (SSSR count). The van der Waals surface area contributed by atoms with E-state index >= 15 is 0 Å². The molecule has 1 fully saturated rings. The molecule has 0 aliphatic carbocycles. The van der Waals surface area contributed by atoms with E-state index in [1.165, 1.54) is 5.56 Å². The van der Waals surface area contributed by atoms with E-state index in [-0.39, 0.29) is 17.0 Å². The minimum absolute atomic E-state index is 0.0897. The molecule has 1 amide bonds. The fourth-order valence-electron chi connectivity index (χ4n) is 3.60. The summed E-state index contributed by atoms with van der Waals surface area (Å²) in [5.74, 6) is 3.33. The number of terminal acetylenes is 1. The summed E-state index contributed by atoms with van der Waals surface area (Å²) in [6.45, 7) is 6.09. The number of hydrogen-bond acceptors (Lipinski definition) is 3. The maximum Gasteiger partial charge on any atom is 0.222 e. The molecule has 0 radical (unpaired) electrons. The molecule has 0 N–H and O–H groups in total. The maximum absolute atomic E-state index is 12.5. The fourth-order valence-corrected chi connectivity index (χ4v) is 3.60. The smallest absolute Gasteiger partial charge is 0.222 e. The second-order valence-electron chi connectivity index (χ2n) is 7.31. The zero-order valence-corrected chi connectivity index (χ0v) is 14.5. The second kappa shape index (κ2) is 6.39. The zero-order chi connectivity index (χ0) is 17.2. The van der Waals surface area contributed by atoms with E-state index in [1.54, 1.807) is 0 Å². The summed E-state index contributed by atoms with van der Waals surface area (Å²) >= 11 is 0. The molecule has 4 heteroatoms. The summed E-state index contributed by atoms with van der Waals surface area (Å²) in [5.41, 5.74) is 1.06. The van der Waals surface area contributed by atoms with Crippen molar-refractivity contribution >= 4 is 5.91 Å². The first kappa shape index (κ1) is 16.7. The van der Waals surface area contributed by atoms with Crippen molar-refractivity contribution in [2.24, 2.45) is 16.1 Å². The number of rotatable bonds is 7. The van der Waals surface area contributed by atoms with Gasteiger partial charge in [0.2, 0.25) is 5.91 Å². The first-order chi connectivity index (χ1) is 11.5. The van der Waals surface area contributed by atoms with Crippen molar-refractivity contribution in [3.8, 4) is 12.3 Å². The first-order valence-electron chi connectivity index (χ1n) is 8.72. The SMILES string of the molecule is C#CCCC1(CCC(=O)N2CC(c3ccccc3)(C(C)C)C2)N=N1. The van der Waals surface area contributed by atoms with E-state index in [9.17, 15) is 4.79 Å². The van der Waals surface area contributed by atoms with Crippen LogP contribution in [0.2, 0.25) is 0 Å². The van der Waals surface area contributed by atoms with Gasteiger partial charge in [-0.15, -0.1) is 12.3 Å². The van der Waals surface area contributed by atoms with Gasteiger partial charge in [0.25, 0.3) is 0 Å². The monoisotopic (exact) mass is 323 g/mol. The van der Waals surface area contributed by atoms with Crippen LogP contribution in [0, 0.1) is 18.3 Å². The lowest BCUT2D eigenvalue weighted by molar-refractivity contribution is -0.140. The van der Waals surface area contributed by atoms with Gasteiger partial charge in [0.1, 0.15) is 0 Å². The van der Waals surface area contributed by atoms with Crippen LogP contribution in [0.5, 0.6) is 0 Å². The maximum atomic E-state index is 12.5. The van der Waals surface area contributed by atoms with Crippen LogP contribution >= 0.6 is 0 Å². The molecule has 1 saturated heterocycles. The van der Waals surface area contributed by atoms with Crippen molar-refractivity contribution in [3.63, 3.8) is 0 Å². The standard InChI is InChI=1S/C20H25N3O/c1-4-5-12-20(21-22-20)13-11-18(24)23-14-19(15-23,16(2)3)17-9-7-6-8-10-17/h1,6-10,16H,5,11-15H2,2-3H3. The normalized spacial score (nSPS) is 19.7. The number of carbonyl (C=O) groups excluding carboxylic acids is 1. The predicted molar refractivity (Wildman–Crippen MR) is 94.4 cm³/mol. The van der Waals surface area contributed by atoms with E-state index < -0.39 is 0 Å². The topological polar surface area (TPSA) is 45.0 Å². The highest BCUT2D eigenvalue weighted by Gasteiger charge is 2.49. The van der Waals surface area contributed by atoms with E-state index in [1.807, 2.05) is 11.0 Å². The van der Waals surface area contributed by atoms with Crippen molar-refractivity contribution < 1.29 is 4.79 Å². The molecule has 24 heavy (non-hydrogen) atoms. The summed E-state index contributed by atoms with van der Waals surface area (Å²) < 4.78 is 0. The minimum atomic E-state index is -0.360. The summed E-state index contributed by atoms with van der Waals surface area (Å²) in [6.07, 6.45) is 7.91. The number of benzene rings is 1. The van der Waals surface area contributed by atoms with Crippen LogP contribution in [-0.2, 0) is 10.2 Å². The fraction of sp³-hybridized carbons (Fsp3) is 0.550. The molecule has 1 aromatic rings. The average molecular weight is 323 g/mol. The molecular formula is C20H25N3O. The molecule has 2 heterocycles. The Morgan fingerprint density at radius 2 is 1.92 bits per heavy atom. The summed E-state index contributed by atoms with van der Waals surface area (Å²) in [7, 11) is 0. The lowest BCUT2D eigenvalue weighted by Crippen LogP contribution is -2.63. The number of hydrogen-bond donors (Lipinski definition) is 0. The third-order valence-electron chi connectivity index (χ3n) is 5.54. The largest absolute Gasteiger partial charge is 0.341 e. The van der Waals surface area contributed by atoms with Gasteiger partial charge >= 0.3 is 0 Å². The molecular weight excluding hydrogens is 298 g/mol. The predicted octanol–water partition coefficient (Wildman–Crippen LogP) is 3.78. The zero-order valence-electron chi connectivity index (χ0n) is 14.5. The number of carbonyl (C=O) groups is 1. The Morgan fingerprint density at radius 1 is 1.25 bits per heavy atom. The van der Waals surface area contributed by atoms with E-state index in [0.717, 1.165) is 19.5 Å². The summed E-state index contributed by atoms with van der Waals surface area (Å²) in [5, 5.41) is 8.22. The molecule has 2 aliphatic heterocycles. The highest BCUT2D eigenvalue weighted by molar-refractivity contribution is 5.78. The van der Waals surface area contributed by atoms with Crippen LogP contribution in [0.3, 0.4) is 0 Å². The van der Waals surface area contributed by atoms with Crippen LogP contribution in [0.15, 0.2) is 40.6 Å². The van der Waals surface area contributed by atoms with Gasteiger partial charge in [0.15, 0.2) is 5.66 Å². The van der Waals surface area contributed by atoms with Crippen molar-refractivity contribution in [2.45, 2.75) is 50.6 Å². The number of likely N-dealkylation sites (tertiary alicyclic amines) is 1. The third-order valence-corrected chi connectivity index (χ3v) is 5.54. The Hall–Kier alpha value is -2.15. The van der Waals surface area contributed by atoms with Crippen molar-refractivity contribution in [1.82, 2.24) is 4.90 Å². The lowest BCUT2D eigenvalue weighted by atomic mass is 9.66. The molecule has 0 spiro atoms. The molecule has 0 unspecified atom stereocenters. The molecule has 4 nitrogen and oxygen atoms in total. The van der Waals surface area contributed by atoms with Crippen LogP contribution in [0.1, 0.15) is 45.1 Å². The van der Waals surface area contributed by atoms with Crippen molar-refractivity contribution in [1.29, 1.82) is 0 Å². The summed E-state index contributed by atoms with van der Waals surface area (Å²) in [6, 6.07) is 10.6. The minimum Gasteiger partial charge on any atom is -0.341 e. The van der Waals surface area contributed by atoms with E-state index in [2.05, 4.69) is 54.3 Å². The van der Waals surface area contributed by atoms with Gasteiger partial charge in [-0.2, -0.15) is 10.2 Å². The highest BCUT2D eigenvalue weighted by atomic mass is 16.2. The Morgan fingerprint density at radius 3 is 2.46 bits per heavy atom. The summed E-state index contributed by atoms with van der Waals surface area (Å²) in [4.78, 5) is 14.5. The van der Waals surface area contributed by atoms with Crippen LogP contribution in [0.25, 0.3) is 0 Å². The highest BCUT2D eigenvalue weighted by Crippen LogP contribution is 2.42. The van der Waals surface area contributed by atoms with Gasteiger partial charge in [-0.1, -0.05) is 44.2 Å². The van der Waals surface area contributed by atoms with Gasteiger partial charge in [0, 0.05) is 44.2 Å². The Labute approximate surface area is 144 Å². The number of nitrogens with zero attached hydrogens (tertiary/aromatic N) is 3. The number of amides is 1. The molecule has 0 bridgehead atoms. The lowest BCUT2D eigenvalue weighted by Gasteiger charge is -2.53. The van der Waals surface area contributed by atoms with Crippen molar-refractivity contribution in [3.05, 3.63) is 35.9 Å². The van der Waals surface area contributed by atoms with Crippen LogP contribution in [-0.4, -0.2) is 29.6 Å². The second-order valence-corrected chi connectivity index (χ2v) is 7.31. The first-order valence-corrected chi connectivity index (χ1v) is 8.72. The van der Waals surface area contributed by atoms with Gasteiger partial charge in [-0.3, -0.25) is 4.79 Å². The molecule has 126 valence electrons. The van der Waals surface area contributed by atoms with Crippen molar-refractivity contribution in [2.75, 3.05) is 13.1 Å². The van der Waals surface area contributed by atoms with Crippen LogP contribution < -0.4 is 0 Å². The Bertz CT molecular complexity index is 660. The average Bonchev–Trinajstić information content (AvgIpc) is 3.31. The van der Waals surface area contributed by atoms with Gasteiger partial charge in [0.05, 0.1) is 0 Å². The van der Waals surface area contributed by atoms with Gasteiger partial charge in [-0.25, -0.2) is 0 Å².